The van der Waals surface area contributed by atoms with Crippen LogP contribution in [0.25, 0.3) is 0 Å². The van der Waals surface area contributed by atoms with Crippen LogP contribution >= 0.6 is 0 Å². The SMILES string of the molecule is CCNc1nccc(C(=O)NCC2CCN(C)CC2)c1F. The topological polar surface area (TPSA) is 57.3 Å². The molecule has 21 heavy (non-hydrogen) atoms. The lowest BCUT2D eigenvalue weighted by atomic mass is 9.97. The summed E-state index contributed by atoms with van der Waals surface area (Å²) < 4.78 is 14.1. The number of anilines is 1. The lowest BCUT2D eigenvalue weighted by molar-refractivity contribution is 0.0935. The molecule has 0 atom stereocenters. The van der Waals surface area contributed by atoms with Crippen molar-refractivity contribution in [3.63, 3.8) is 0 Å². The van der Waals surface area contributed by atoms with Crippen LogP contribution in [0.15, 0.2) is 12.3 Å². The Labute approximate surface area is 124 Å². The van der Waals surface area contributed by atoms with Crippen LogP contribution in [0.3, 0.4) is 0 Å². The Morgan fingerprint density at radius 2 is 2.19 bits per heavy atom. The van der Waals surface area contributed by atoms with Gasteiger partial charge in [-0.3, -0.25) is 4.79 Å². The molecule has 0 aromatic carbocycles. The highest BCUT2D eigenvalue weighted by Gasteiger charge is 2.19. The van der Waals surface area contributed by atoms with Gasteiger partial charge in [-0.2, -0.15) is 0 Å². The summed E-state index contributed by atoms with van der Waals surface area (Å²) in [5.74, 6) is -0.346. The molecule has 1 fully saturated rings. The molecule has 0 unspecified atom stereocenters. The highest BCUT2D eigenvalue weighted by atomic mass is 19.1. The summed E-state index contributed by atoms with van der Waals surface area (Å²) in [6.45, 7) is 5.12. The Balaban J connectivity index is 1.93. The van der Waals surface area contributed by atoms with Gasteiger partial charge >= 0.3 is 0 Å². The minimum atomic E-state index is -0.583. The van der Waals surface area contributed by atoms with Crippen LogP contribution in [0.4, 0.5) is 10.2 Å². The van der Waals surface area contributed by atoms with E-state index in [1.54, 1.807) is 0 Å². The van der Waals surface area contributed by atoms with E-state index in [9.17, 15) is 9.18 Å². The van der Waals surface area contributed by atoms with Gasteiger partial charge in [-0.25, -0.2) is 9.37 Å². The third-order valence-corrected chi connectivity index (χ3v) is 3.87. The molecule has 116 valence electrons. The fourth-order valence-electron chi connectivity index (χ4n) is 2.51. The van der Waals surface area contributed by atoms with Gasteiger partial charge in [0.25, 0.3) is 5.91 Å². The normalized spacial score (nSPS) is 16.7. The smallest absolute Gasteiger partial charge is 0.254 e. The zero-order valence-corrected chi connectivity index (χ0v) is 12.7. The molecule has 1 amide bonds. The first-order chi connectivity index (χ1) is 10.1. The van der Waals surface area contributed by atoms with Crippen LogP contribution in [0.2, 0.25) is 0 Å². The van der Waals surface area contributed by atoms with Gasteiger partial charge in [0.1, 0.15) is 0 Å². The summed E-state index contributed by atoms with van der Waals surface area (Å²) >= 11 is 0. The number of halogens is 1. The van der Waals surface area contributed by atoms with Gasteiger partial charge in [-0.05, 0) is 51.9 Å². The number of likely N-dealkylation sites (tertiary alicyclic amines) is 1. The van der Waals surface area contributed by atoms with Crippen LogP contribution in [-0.2, 0) is 0 Å². The first-order valence-corrected chi connectivity index (χ1v) is 7.47. The van der Waals surface area contributed by atoms with Crippen molar-refractivity contribution >= 4 is 11.7 Å². The van der Waals surface area contributed by atoms with Gasteiger partial charge in [-0.15, -0.1) is 0 Å². The van der Waals surface area contributed by atoms with Crippen LogP contribution in [-0.4, -0.2) is 49.0 Å². The van der Waals surface area contributed by atoms with Gasteiger partial charge in [0, 0.05) is 19.3 Å². The molecule has 1 aromatic rings. The van der Waals surface area contributed by atoms with Crippen molar-refractivity contribution in [2.75, 3.05) is 38.5 Å². The molecule has 1 aliphatic heterocycles. The van der Waals surface area contributed by atoms with E-state index in [0.29, 0.717) is 19.0 Å². The minimum Gasteiger partial charge on any atom is -0.368 e. The quantitative estimate of drug-likeness (QED) is 0.868. The molecule has 2 N–H and O–H groups in total. The number of pyridine rings is 1. The van der Waals surface area contributed by atoms with E-state index < -0.39 is 5.82 Å². The standard InChI is InChI=1S/C15H23FN4O/c1-3-17-14-13(16)12(4-7-18-14)15(21)19-10-11-5-8-20(2)9-6-11/h4,7,11H,3,5-6,8-10H2,1-2H3,(H,17,18)(H,19,21). The Morgan fingerprint density at radius 3 is 2.86 bits per heavy atom. The number of hydrogen-bond acceptors (Lipinski definition) is 4. The summed E-state index contributed by atoms with van der Waals surface area (Å²) in [7, 11) is 2.10. The Hall–Kier alpha value is -1.69. The average molecular weight is 294 g/mol. The molecule has 1 saturated heterocycles. The minimum absolute atomic E-state index is 0.0499. The molecule has 5 nitrogen and oxygen atoms in total. The van der Waals surface area contributed by atoms with Gasteiger partial charge in [0.15, 0.2) is 11.6 Å². The molecular weight excluding hydrogens is 271 g/mol. The zero-order valence-electron chi connectivity index (χ0n) is 12.7. The van der Waals surface area contributed by atoms with Crippen LogP contribution in [0.5, 0.6) is 0 Å². The Bertz CT molecular complexity index is 487. The number of carbonyl (C=O) groups excluding carboxylic acids is 1. The average Bonchev–Trinajstić information content (AvgIpc) is 2.49. The maximum atomic E-state index is 14.1. The van der Waals surface area contributed by atoms with E-state index in [0.717, 1.165) is 25.9 Å². The Morgan fingerprint density at radius 1 is 1.48 bits per heavy atom. The summed E-state index contributed by atoms with van der Waals surface area (Å²) in [6.07, 6.45) is 3.59. The maximum absolute atomic E-state index is 14.1. The summed E-state index contributed by atoms with van der Waals surface area (Å²) in [5, 5.41) is 5.65. The number of nitrogens with one attached hydrogen (secondary N) is 2. The summed E-state index contributed by atoms with van der Waals surface area (Å²) in [5.41, 5.74) is 0.0499. The highest BCUT2D eigenvalue weighted by molar-refractivity contribution is 5.95. The first kappa shape index (κ1) is 15.7. The van der Waals surface area contributed by atoms with E-state index in [2.05, 4.69) is 27.6 Å². The summed E-state index contributed by atoms with van der Waals surface area (Å²) in [4.78, 5) is 18.3. The monoisotopic (exact) mass is 294 g/mol. The van der Waals surface area contributed by atoms with Crippen molar-refractivity contribution in [3.05, 3.63) is 23.6 Å². The van der Waals surface area contributed by atoms with E-state index in [1.807, 2.05) is 6.92 Å². The van der Waals surface area contributed by atoms with Crippen LogP contribution < -0.4 is 10.6 Å². The van der Waals surface area contributed by atoms with Gasteiger partial charge in [0.2, 0.25) is 0 Å². The molecule has 0 spiro atoms. The third kappa shape index (κ3) is 4.14. The zero-order chi connectivity index (χ0) is 15.2. The predicted octanol–water partition coefficient (Wildman–Crippen LogP) is 1.72. The van der Waals surface area contributed by atoms with E-state index in [4.69, 9.17) is 0 Å². The van der Waals surface area contributed by atoms with Crippen molar-refractivity contribution in [2.45, 2.75) is 19.8 Å². The molecule has 0 aliphatic carbocycles. The van der Waals surface area contributed by atoms with E-state index in [1.165, 1.54) is 12.3 Å². The third-order valence-electron chi connectivity index (χ3n) is 3.87. The van der Waals surface area contributed by atoms with Crippen molar-refractivity contribution in [1.29, 1.82) is 0 Å². The van der Waals surface area contributed by atoms with E-state index >= 15 is 0 Å². The van der Waals surface area contributed by atoms with Crippen molar-refractivity contribution in [3.8, 4) is 0 Å². The molecule has 1 aliphatic rings. The predicted molar refractivity (Wildman–Crippen MR) is 80.9 cm³/mol. The van der Waals surface area contributed by atoms with Crippen LogP contribution in [0.1, 0.15) is 30.1 Å². The van der Waals surface area contributed by atoms with Crippen molar-refractivity contribution in [2.24, 2.45) is 5.92 Å². The second-order valence-electron chi connectivity index (χ2n) is 5.51. The molecule has 0 saturated carbocycles. The van der Waals surface area contributed by atoms with E-state index in [-0.39, 0.29) is 17.3 Å². The first-order valence-electron chi connectivity index (χ1n) is 7.47. The number of nitrogens with zero attached hydrogens (tertiary/aromatic N) is 2. The molecule has 1 aromatic heterocycles. The summed E-state index contributed by atoms with van der Waals surface area (Å²) in [6, 6.07) is 1.42. The Kier molecular flexibility index (Phi) is 5.50. The molecule has 2 heterocycles. The number of amides is 1. The number of hydrogen-bond donors (Lipinski definition) is 2. The van der Waals surface area contributed by atoms with Gasteiger partial charge < -0.3 is 15.5 Å². The lowest BCUT2D eigenvalue weighted by Crippen LogP contribution is -2.37. The maximum Gasteiger partial charge on any atom is 0.254 e. The lowest BCUT2D eigenvalue weighted by Gasteiger charge is -2.28. The van der Waals surface area contributed by atoms with Crippen molar-refractivity contribution in [1.82, 2.24) is 15.2 Å². The van der Waals surface area contributed by atoms with Gasteiger partial charge in [-0.1, -0.05) is 0 Å². The molecule has 6 heteroatoms. The number of piperidine rings is 1. The molecule has 0 radical (unpaired) electrons. The second kappa shape index (κ2) is 7.36. The number of rotatable bonds is 5. The second-order valence-corrected chi connectivity index (χ2v) is 5.51. The largest absolute Gasteiger partial charge is 0.368 e. The fourth-order valence-corrected chi connectivity index (χ4v) is 2.51. The highest BCUT2D eigenvalue weighted by Crippen LogP contribution is 2.17. The molecular formula is C15H23FN4O. The van der Waals surface area contributed by atoms with Crippen LogP contribution in [0, 0.1) is 11.7 Å². The van der Waals surface area contributed by atoms with Gasteiger partial charge in [0.05, 0.1) is 5.56 Å². The molecule has 2 rings (SSSR count). The fraction of sp³-hybridized carbons (Fsp3) is 0.600. The number of aromatic nitrogens is 1. The molecule has 0 bridgehead atoms. The van der Waals surface area contributed by atoms with Crippen molar-refractivity contribution < 1.29 is 9.18 Å². The number of carbonyl (C=O) groups is 1.